The number of H-pyrrole nitrogens is 1. The molecule has 0 aliphatic carbocycles. The lowest BCUT2D eigenvalue weighted by Gasteiger charge is -2.11. The van der Waals surface area contributed by atoms with Crippen molar-refractivity contribution in [2.75, 3.05) is 19.0 Å². The molecule has 1 aromatic carbocycles. The predicted molar refractivity (Wildman–Crippen MR) is 103 cm³/mol. The van der Waals surface area contributed by atoms with Crippen LogP contribution in [0.15, 0.2) is 78.2 Å². The van der Waals surface area contributed by atoms with Crippen LogP contribution < -0.4 is 20.3 Å². The number of aromatic amines is 1. The molecule has 0 unspecified atom stereocenters. The molecule has 0 fully saturated rings. The molecule has 0 atom stereocenters. The highest BCUT2D eigenvalue weighted by Crippen LogP contribution is 2.10. The molecule has 0 spiro atoms. The van der Waals surface area contributed by atoms with E-state index < -0.39 is 0 Å². The maximum atomic E-state index is 4.38. The molecule has 3 rings (SSSR count). The van der Waals surface area contributed by atoms with Crippen LogP contribution in [0.4, 0.5) is 11.5 Å². The highest BCUT2D eigenvalue weighted by atomic mass is 15.3. The molecule has 2 heterocycles. The lowest BCUT2D eigenvalue weighted by atomic mass is 10.2. The Morgan fingerprint density at radius 3 is 2.54 bits per heavy atom. The van der Waals surface area contributed by atoms with Gasteiger partial charge in [-0.2, -0.15) is 4.99 Å². The Bertz CT molecular complexity index is 871. The summed E-state index contributed by atoms with van der Waals surface area (Å²) in [7, 11) is 4.04. The summed E-state index contributed by atoms with van der Waals surface area (Å²) in [4.78, 5) is 12.8. The van der Waals surface area contributed by atoms with Gasteiger partial charge in [0.05, 0.1) is 6.21 Å². The van der Waals surface area contributed by atoms with Crippen LogP contribution >= 0.6 is 0 Å². The zero-order chi connectivity index (χ0) is 18.2. The van der Waals surface area contributed by atoms with Gasteiger partial charge in [-0.05, 0) is 42.0 Å². The van der Waals surface area contributed by atoms with E-state index in [1.54, 1.807) is 12.4 Å². The van der Waals surface area contributed by atoms with E-state index >= 15 is 0 Å². The van der Waals surface area contributed by atoms with Gasteiger partial charge >= 0.3 is 11.7 Å². The first-order chi connectivity index (χ1) is 12.7. The van der Waals surface area contributed by atoms with Crippen molar-refractivity contribution in [3.63, 3.8) is 0 Å². The summed E-state index contributed by atoms with van der Waals surface area (Å²) in [6.07, 6.45) is 5.38. The Morgan fingerprint density at radius 1 is 1.08 bits per heavy atom. The van der Waals surface area contributed by atoms with Crippen LogP contribution in [0.2, 0.25) is 0 Å². The Balaban J connectivity index is 1.79. The first-order valence-electron chi connectivity index (χ1n) is 8.31. The van der Waals surface area contributed by atoms with Crippen molar-refractivity contribution in [3.8, 4) is 0 Å². The number of nitrogens with zero attached hydrogens (tertiary/aromatic N) is 3. The highest BCUT2D eigenvalue weighted by Gasteiger charge is 2.15. The third-order valence-corrected chi connectivity index (χ3v) is 3.69. The van der Waals surface area contributed by atoms with Gasteiger partial charge in [-0.25, -0.2) is 9.97 Å². The average Bonchev–Trinajstić information content (AvgIpc) is 2.69. The Morgan fingerprint density at radius 2 is 1.88 bits per heavy atom. The second-order valence-corrected chi connectivity index (χ2v) is 5.85. The van der Waals surface area contributed by atoms with Crippen molar-refractivity contribution in [1.29, 1.82) is 0 Å². The molecule has 0 aliphatic heterocycles. The molecule has 6 nitrogen and oxygen atoms in total. The van der Waals surface area contributed by atoms with E-state index in [9.17, 15) is 0 Å². The lowest BCUT2D eigenvalue weighted by Crippen LogP contribution is -2.72. The minimum atomic E-state index is 0.689. The zero-order valence-electron chi connectivity index (χ0n) is 14.8. The topological polar surface area (TPSA) is 68.6 Å². The van der Waals surface area contributed by atoms with E-state index in [0.717, 1.165) is 22.8 Å². The summed E-state index contributed by atoms with van der Waals surface area (Å²) in [5.41, 5.74) is 5.98. The Hall–Kier alpha value is -3.54. The SMILES string of the molecule is CN(C)c1ccc(C=NNC(=[NH+]c2cccc[nH+]2)c2ccccn2)cc1. The van der Waals surface area contributed by atoms with Gasteiger partial charge in [-0.3, -0.25) is 0 Å². The van der Waals surface area contributed by atoms with Gasteiger partial charge in [0.1, 0.15) is 6.20 Å². The van der Waals surface area contributed by atoms with Gasteiger partial charge < -0.3 is 4.90 Å². The molecule has 6 heteroatoms. The van der Waals surface area contributed by atoms with E-state index in [1.807, 2.05) is 68.8 Å². The molecule has 0 amide bonds. The maximum Gasteiger partial charge on any atom is 0.384 e. The van der Waals surface area contributed by atoms with Crippen LogP contribution in [0.25, 0.3) is 0 Å². The molecule has 0 saturated carbocycles. The second-order valence-electron chi connectivity index (χ2n) is 5.85. The molecular formula is C20H22N6+2. The molecule has 3 aromatic rings. The number of benzene rings is 1. The maximum absolute atomic E-state index is 4.38. The van der Waals surface area contributed by atoms with Gasteiger partial charge in [0.15, 0.2) is 5.69 Å². The number of nitrogens with one attached hydrogen (secondary N) is 3. The van der Waals surface area contributed by atoms with E-state index in [0.29, 0.717) is 5.84 Å². The summed E-state index contributed by atoms with van der Waals surface area (Å²) >= 11 is 0. The zero-order valence-corrected chi connectivity index (χ0v) is 14.8. The molecule has 0 aliphatic rings. The minimum Gasteiger partial charge on any atom is -0.378 e. The smallest absolute Gasteiger partial charge is 0.378 e. The van der Waals surface area contributed by atoms with Gasteiger partial charge in [-0.15, -0.1) is 5.43 Å². The van der Waals surface area contributed by atoms with Crippen molar-refractivity contribution < 1.29 is 9.98 Å². The largest absolute Gasteiger partial charge is 0.384 e. The van der Waals surface area contributed by atoms with Crippen LogP contribution in [0.3, 0.4) is 0 Å². The molecule has 3 N–H and O–H groups in total. The van der Waals surface area contributed by atoms with Gasteiger partial charge in [-0.1, -0.05) is 23.3 Å². The fraction of sp³-hybridized carbons (Fsp3) is 0.100. The number of pyridine rings is 2. The van der Waals surface area contributed by atoms with E-state index in [-0.39, 0.29) is 0 Å². The van der Waals surface area contributed by atoms with Gasteiger partial charge in [0.25, 0.3) is 0 Å². The molecule has 0 radical (unpaired) electrons. The molecule has 0 saturated heterocycles. The van der Waals surface area contributed by atoms with Crippen LogP contribution in [-0.2, 0) is 0 Å². The van der Waals surface area contributed by atoms with Crippen LogP contribution in [-0.4, -0.2) is 31.1 Å². The van der Waals surface area contributed by atoms with Crippen molar-refractivity contribution >= 4 is 23.6 Å². The summed E-state index contributed by atoms with van der Waals surface area (Å²) in [5.74, 6) is 1.53. The number of hydrazone groups is 1. The first kappa shape index (κ1) is 17.3. The molecule has 0 bridgehead atoms. The summed E-state index contributed by atoms with van der Waals surface area (Å²) in [5, 5.41) is 4.35. The number of rotatable bonds is 5. The van der Waals surface area contributed by atoms with Crippen LogP contribution in [0, 0.1) is 0 Å². The fourth-order valence-corrected chi connectivity index (χ4v) is 2.30. The molecule has 26 heavy (non-hydrogen) atoms. The molecule has 130 valence electrons. The highest BCUT2D eigenvalue weighted by molar-refractivity contribution is 5.93. The summed E-state index contributed by atoms with van der Waals surface area (Å²) < 4.78 is 0. The summed E-state index contributed by atoms with van der Waals surface area (Å²) in [6, 6.07) is 19.7. The van der Waals surface area contributed by atoms with Crippen molar-refractivity contribution in [2.24, 2.45) is 5.10 Å². The van der Waals surface area contributed by atoms with E-state index in [4.69, 9.17) is 0 Å². The predicted octanol–water partition coefficient (Wildman–Crippen LogP) is 0.744. The second kappa shape index (κ2) is 8.53. The number of aromatic nitrogens is 2. The summed E-state index contributed by atoms with van der Waals surface area (Å²) in [6.45, 7) is 0. The number of amidine groups is 1. The van der Waals surface area contributed by atoms with Gasteiger partial charge in [0, 0.05) is 32.0 Å². The fourth-order valence-electron chi connectivity index (χ4n) is 2.30. The van der Waals surface area contributed by atoms with E-state index in [2.05, 4.69) is 42.5 Å². The Kier molecular flexibility index (Phi) is 5.67. The number of hydrogen-bond acceptors (Lipinski definition) is 3. The first-order valence-corrected chi connectivity index (χ1v) is 8.31. The van der Waals surface area contributed by atoms with Crippen molar-refractivity contribution in [3.05, 3.63) is 84.3 Å². The molecular weight excluding hydrogens is 324 g/mol. The Labute approximate surface area is 153 Å². The van der Waals surface area contributed by atoms with E-state index in [1.165, 1.54) is 0 Å². The molecule has 2 aromatic heterocycles. The third kappa shape index (κ3) is 4.73. The standard InChI is InChI=1S/C20H20N6/c1-26(2)17-11-9-16(10-12-17)15-23-25-20(18-7-3-5-13-21-18)24-19-8-4-6-14-22-19/h3-15H,1-2H3,(H,22,24,25)/p+2. The van der Waals surface area contributed by atoms with Crippen LogP contribution in [0.5, 0.6) is 0 Å². The third-order valence-electron chi connectivity index (χ3n) is 3.69. The number of anilines is 1. The average molecular weight is 346 g/mol. The van der Waals surface area contributed by atoms with Crippen molar-refractivity contribution in [2.45, 2.75) is 0 Å². The lowest BCUT2D eigenvalue weighted by molar-refractivity contribution is -0.517. The van der Waals surface area contributed by atoms with Gasteiger partial charge in [0.2, 0.25) is 0 Å². The minimum absolute atomic E-state index is 0.689. The quantitative estimate of drug-likeness (QED) is 0.407. The van der Waals surface area contributed by atoms with Crippen LogP contribution in [0.1, 0.15) is 11.3 Å². The number of hydrogen-bond donors (Lipinski definition) is 2. The normalized spacial score (nSPS) is 11.5. The van der Waals surface area contributed by atoms with Crippen molar-refractivity contribution in [1.82, 2.24) is 10.4 Å². The monoisotopic (exact) mass is 346 g/mol.